The highest BCUT2D eigenvalue weighted by Gasteiger charge is 2.30. The van der Waals surface area contributed by atoms with Gasteiger partial charge < -0.3 is 9.84 Å². The molecule has 2 unspecified atom stereocenters. The average molecular weight is 265 g/mol. The number of rotatable bonds is 5. The third-order valence-electron chi connectivity index (χ3n) is 3.98. The largest absolute Gasteiger partial charge is 0.360 e. The van der Waals surface area contributed by atoms with E-state index in [0.717, 1.165) is 31.1 Å². The van der Waals surface area contributed by atoms with Crippen LogP contribution in [-0.4, -0.2) is 35.2 Å². The van der Waals surface area contributed by atoms with Crippen LogP contribution in [-0.2, 0) is 6.54 Å². The molecular weight excluding hydrogens is 238 g/mol. The SMILES string of the molecule is CCCC1CN(Cc2cc(C)no2)C(C(C)C)CN1. The van der Waals surface area contributed by atoms with Gasteiger partial charge in [0, 0.05) is 31.2 Å². The summed E-state index contributed by atoms with van der Waals surface area (Å²) >= 11 is 0. The summed E-state index contributed by atoms with van der Waals surface area (Å²) in [5, 5.41) is 7.67. The van der Waals surface area contributed by atoms with Gasteiger partial charge in [-0.3, -0.25) is 4.90 Å². The van der Waals surface area contributed by atoms with Crippen LogP contribution in [0.5, 0.6) is 0 Å². The Morgan fingerprint density at radius 1 is 1.53 bits per heavy atom. The standard InChI is InChI=1S/C15H27N3O/c1-5-6-13-9-18(15(8-16-13)11(2)3)10-14-7-12(4)17-19-14/h7,11,13,15-16H,5-6,8-10H2,1-4H3. The minimum atomic E-state index is 0.582. The van der Waals surface area contributed by atoms with Gasteiger partial charge in [-0.1, -0.05) is 32.3 Å². The van der Waals surface area contributed by atoms with Crippen molar-refractivity contribution in [2.75, 3.05) is 13.1 Å². The monoisotopic (exact) mass is 265 g/mol. The van der Waals surface area contributed by atoms with Crippen molar-refractivity contribution in [1.29, 1.82) is 0 Å². The molecule has 1 aromatic rings. The molecule has 1 aromatic heterocycles. The van der Waals surface area contributed by atoms with Gasteiger partial charge in [0.25, 0.3) is 0 Å². The van der Waals surface area contributed by atoms with Gasteiger partial charge in [-0.25, -0.2) is 0 Å². The number of hydrogen-bond acceptors (Lipinski definition) is 4. The van der Waals surface area contributed by atoms with Gasteiger partial charge in [-0.2, -0.15) is 0 Å². The minimum absolute atomic E-state index is 0.582. The molecule has 0 aliphatic carbocycles. The van der Waals surface area contributed by atoms with E-state index >= 15 is 0 Å². The molecule has 1 aliphatic heterocycles. The van der Waals surface area contributed by atoms with E-state index in [-0.39, 0.29) is 0 Å². The van der Waals surface area contributed by atoms with Crippen LogP contribution in [0.4, 0.5) is 0 Å². The van der Waals surface area contributed by atoms with E-state index in [0.29, 0.717) is 18.0 Å². The molecule has 0 aromatic carbocycles. The molecule has 1 aliphatic rings. The van der Waals surface area contributed by atoms with Crippen LogP contribution < -0.4 is 5.32 Å². The Kier molecular flexibility index (Phi) is 4.99. The number of nitrogens with zero attached hydrogens (tertiary/aromatic N) is 2. The first kappa shape index (κ1) is 14.5. The Hall–Kier alpha value is -0.870. The van der Waals surface area contributed by atoms with Crippen LogP contribution in [0.3, 0.4) is 0 Å². The van der Waals surface area contributed by atoms with E-state index < -0.39 is 0 Å². The molecule has 0 spiro atoms. The van der Waals surface area contributed by atoms with Crippen molar-refractivity contribution in [2.24, 2.45) is 5.92 Å². The lowest BCUT2D eigenvalue weighted by Gasteiger charge is -2.42. The summed E-state index contributed by atoms with van der Waals surface area (Å²) in [6.45, 7) is 11.9. The zero-order valence-corrected chi connectivity index (χ0v) is 12.6. The van der Waals surface area contributed by atoms with Crippen molar-refractivity contribution < 1.29 is 4.52 Å². The number of aromatic nitrogens is 1. The predicted octanol–water partition coefficient (Wildman–Crippen LogP) is 2.58. The van der Waals surface area contributed by atoms with Crippen molar-refractivity contribution in [1.82, 2.24) is 15.4 Å². The molecule has 108 valence electrons. The molecule has 19 heavy (non-hydrogen) atoms. The van der Waals surface area contributed by atoms with Gasteiger partial charge in [0.05, 0.1) is 12.2 Å². The molecule has 2 rings (SSSR count). The number of piperazine rings is 1. The Bertz CT molecular complexity index is 388. The Balaban J connectivity index is 2.02. The van der Waals surface area contributed by atoms with Crippen LogP contribution >= 0.6 is 0 Å². The predicted molar refractivity (Wildman–Crippen MR) is 77.0 cm³/mol. The third kappa shape index (κ3) is 3.80. The van der Waals surface area contributed by atoms with Crippen molar-refractivity contribution >= 4 is 0 Å². The summed E-state index contributed by atoms with van der Waals surface area (Å²) in [5.74, 6) is 1.64. The molecule has 0 bridgehead atoms. The molecule has 0 saturated carbocycles. The fourth-order valence-corrected chi connectivity index (χ4v) is 2.97. The first-order valence-electron chi connectivity index (χ1n) is 7.49. The zero-order valence-electron chi connectivity index (χ0n) is 12.6. The maximum Gasteiger partial charge on any atom is 0.150 e. The van der Waals surface area contributed by atoms with Gasteiger partial charge in [0.15, 0.2) is 5.76 Å². The first-order chi connectivity index (χ1) is 9.10. The summed E-state index contributed by atoms with van der Waals surface area (Å²) in [7, 11) is 0. The van der Waals surface area contributed by atoms with E-state index in [9.17, 15) is 0 Å². The molecule has 4 heteroatoms. The lowest BCUT2D eigenvalue weighted by atomic mass is 9.97. The molecule has 2 heterocycles. The van der Waals surface area contributed by atoms with Crippen LogP contribution in [0.15, 0.2) is 10.6 Å². The number of hydrogen-bond donors (Lipinski definition) is 1. The second-order valence-electron chi connectivity index (χ2n) is 6.07. The van der Waals surface area contributed by atoms with Gasteiger partial charge >= 0.3 is 0 Å². The van der Waals surface area contributed by atoms with E-state index in [2.05, 4.69) is 36.1 Å². The summed E-state index contributed by atoms with van der Waals surface area (Å²) in [4.78, 5) is 2.56. The van der Waals surface area contributed by atoms with E-state index in [1.54, 1.807) is 0 Å². The lowest BCUT2D eigenvalue weighted by Crippen LogP contribution is -2.57. The highest BCUT2D eigenvalue weighted by molar-refractivity contribution is 5.04. The van der Waals surface area contributed by atoms with Crippen molar-refractivity contribution in [2.45, 2.75) is 59.2 Å². The molecule has 1 saturated heterocycles. The quantitative estimate of drug-likeness (QED) is 0.888. The first-order valence-corrected chi connectivity index (χ1v) is 7.49. The highest BCUT2D eigenvalue weighted by atomic mass is 16.5. The van der Waals surface area contributed by atoms with E-state index in [1.807, 2.05) is 13.0 Å². The molecule has 2 atom stereocenters. The topological polar surface area (TPSA) is 41.3 Å². The Morgan fingerprint density at radius 3 is 2.89 bits per heavy atom. The molecule has 1 fully saturated rings. The van der Waals surface area contributed by atoms with Gasteiger partial charge in [0.2, 0.25) is 0 Å². The summed E-state index contributed by atoms with van der Waals surface area (Å²) < 4.78 is 5.38. The zero-order chi connectivity index (χ0) is 13.8. The van der Waals surface area contributed by atoms with Gasteiger partial charge in [0.1, 0.15) is 0 Å². The molecular formula is C15H27N3O. The number of nitrogens with one attached hydrogen (secondary N) is 1. The second-order valence-corrected chi connectivity index (χ2v) is 6.07. The molecule has 0 amide bonds. The second kappa shape index (κ2) is 6.53. The Labute approximate surface area is 116 Å². The summed E-state index contributed by atoms with van der Waals surface area (Å²) in [5.41, 5.74) is 0.969. The van der Waals surface area contributed by atoms with Crippen molar-refractivity contribution in [3.05, 3.63) is 17.5 Å². The summed E-state index contributed by atoms with van der Waals surface area (Å²) in [6, 6.07) is 3.25. The molecule has 1 N–H and O–H groups in total. The number of aryl methyl sites for hydroxylation is 1. The van der Waals surface area contributed by atoms with Crippen LogP contribution in [0.2, 0.25) is 0 Å². The molecule has 4 nitrogen and oxygen atoms in total. The van der Waals surface area contributed by atoms with Crippen molar-refractivity contribution in [3.63, 3.8) is 0 Å². The molecule has 0 radical (unpaired) electrons. The minimum Gasteiger partial charge on any atom is -0.360 e. The van der Waals surface area contributed by atoms with Gasteiger partial charge in [-0.15, -0.1) is 0 Å². The normalized spacial score (nSPS) is 25.1. The lowest BCUT2D eigenvalue weighted by molar-refractivity contribution is 0.0794. The Morgan fingerprint density at radius 2 is 2.32 bits per heavy atom. The van der Waals surface area contributed by atoms with Crippen LogP contribution in [0.25, 0.3) is 0 Å². The van der Waals surface area contributed by atoms with Crippen molar-refractivity contribution in [3.8, 4) is 0 Å². The van der Waals surface area contributed by atoms with Gasteiger partial charge in [-0.05, 0) is 19.3 Å². The van der Waals surface area contributed by atoms with Crippen LogP contribution in [0, 0.1) is 12.8 Å². The maximum atomic E-state index is 5.38. The summed E-state index contributed by atoms with van der Waals surface area (Å²) in [6.07, 6.45) is 2.48. The van der Waals surface area contributed by atoms with E-state index in [4.69, 9.17) is 4.52 Å². The maximum absolute atomic E-state index is 5.38. The fraction of sp³-hybridized carbons (Fsp3) is 0.800. The van der Waals surface area contributed by atoms with E-state index in [1.165, 1.54) is 12.8 Å². The fourth-order valence-electron chi connectivity index (χ4n) is 2.97. The van der Waals surface area contributed by atoms with Crippen LogP contribution in [0.1, 0.15) is 45.1 Å². The third-order valence-corrected chi connectivity index (χ3v) is 3.98. The smallest absolute Gasteiger partial charge is 0.150 e. The highest BCUT2D eigenvalue weighted by Crippen LogP contribution is 2.20. The average Bonchev–Trinajstić information content (AvgIpc) is 2.75.